The lowest BCUT2D eigenvalue weighted by Crippen LogP contribution is -2.27. The van der Waals surface area contributed by atoms with E-state index in [-0.39, 0.29) is 16.9 Å². The highest BCUT2D eigenvalue weighted by Crippen LogP contribution is 2.24. The molecule has 0 spiro atoms. The van der Waals surface area contributed by atoms with E-state index < -0.39 is 0 Å². The van der Waals surface area contributed by atoms with E-state index in [1.165, 1.54) is 7.05 Å². The van der Waals surface area contributed by atoms with Gasteiger partial charge in [-0.05, 0) is 18.6 Å². The van der Waals surface area contributed by atoms with E-state index in [1.807, 2.05) is 10.6 Å². The monoisotopic (exact) mass is 288 g/mol. The van der Waals surface area contributed by atoms with E-state index in [9.17, 15) is 9.59 Å². The van der Waals surface area contributed by atoms with Gasteiger partial charge in [0.2, 0.25) is 5.43 Å². The SMILES string of the molecule is CCCCn1cc(C(=O)NC)c(=O)c2cccc(OC)c21. The number of rotatable bonds is 5. The van der Waals surface area contributed by atoms with Crippen LogP contribution in [0.15, 0.2) is 29.2 Å². The predicted octanol–water partition coefficient (Wildman–Crippen LogP) is 2.17. The zero-order chi connectivity index (χ0) is 15.4. The highest BCUT2D eigenvalue weighted by atomic mass is 16.5. The molecule has 1 heterocycles. The Balaban J connectivity index is 2.79. The molecule has 0 radical (unpaired) electrons. The van der Waals surface area contributed by atoms with Gasteiger partial charge in [0.15, 0.2) is 0 Å². The fourth-order valence-corrected chi connectivity index (χ4v) is 2.39. The van der Waals surface area contributed by atoms with Gasteiger partial charge in [-0.3, -0.25) is 9.59 Å². The maximum atomic E-state index is 12.5. The molecular weight excluding hydrogens is 268 g/mol. The molecule has 0 saturated carbocycles. The molecule has 1 aromatic carbocycles. The molecule has 0 bridgehead atoms. The quantitative estimate of drug-likeness (QED) is 0.917. The van der Waals surface area contributed by atoms with Crippen molar-refractivity contribution in [3.63, 3.8) is 0 Å². The third-order valence-electron chi connectivity index (χ3n) is 3.50. The predicted molar refractivity (Wildman–Crippen MR) is 83.1 cm³/mol. The molecule has 0 saturated heterocycles. The summed E-state index contributed by atoms with van der Waals surface area (Å²) in [5, 5.41) is 3.02. The van der Waals surface area contributed by atoms with Crippen LogP contribution in [-0.4, -0.2) is 24.6 Å². The molecule has 21 heavy (non-hydrogen) atoms. The van der Waals surface area contributed by atoms with Crippen LogP contribution in [0.1, 0.15) is 30.1 Å². The second-order valence-corrected chi connectivity index (χ2v) is 4.85. The van der Waals surface area contributed by atoms with Crippen LogP contribution in [0, 0.1) is 0 Å². The average Bonchev–Trinajstić information content (AvgIpc) is 2.53. The number of amides is 1. The first-order chi connectivity index (χ1) is 10.1. The van der Waals surface area contributed by atoms with Crippen LogP contribution in [0.2, 0.25) is 0 Å². The topological polar surface area (TPSA) is 60.3 Å². The zero-order valence-electron chi connectivity index (χ0n) is 12.6. The second-order valence-electron chi connectivity index (χ2n) is 4.85. The van der Waals surface area contributed by atoms with Crippen LogP contribution in [0.25, 0.3) is 10.9 Å². The second kappa shape index (κ2) is 6.43. The summed E-state index contributed by atoms with van der Waals surface area (Å²) in [6.07, 6.45) is 3.61. The van der Waals surface area contributed by atoms with Crippen LogP contribution >= 0.6 is 0 Å². The number of methoxy groups -OCH3 is 1. The minimum absolute atomic E-state index is 0.161. The molecule has 1 N–H and O–H groups in total. The lowest BCUT2D eigenvalue weighted by molar-refractivity contribution is 0.0961. The molecule has 0 unspecified atom stereocenters. The number of hydrogen-bond acceptors (Lipinski definition) is 3. The summed E-state index contributed by atoms with van der Waals surface area (Å²) < 4.78 is 7.30. The molecule has 0 aliphatic heterocycles. The summed E-state index contributed by atoms with van der Waals surface area (Å²) >= 11 is 0. The van der Waals surface area contributed by atoms with Crippen molar-refractivity contribution in [3.8, 4) is 5.75 Å². The van der Waals surface area contributed by atoms with Crippen molar-refractivity contribution in [2.45, 2.75) is 26.3 Å². The number of unbranched alkanes of at least 4 members (excludes halogenated alkanes) is 1. The number of nitrogens with one attached hydrogen (secondary N) is 1. The number of fused-ring (bicyclic) bond motifs is 1. The number of nitrogens with zero attached hydrogens (tertiary/aromatic N) is 1. The van der Waals surface area contributed by atoms with E-state index in [2.05, 4.69) is 12.2 Å². The Bertz CT molecular complexity index is 719. The molecule has 2 aromatic rings. The van der Waals surface area contributed by atoms with Crippen molar-refractivity contribution in [1.82, 2.24) is 9.88 Å². The number of carbonyl (C=O) groups is 1. The van der Waals surface area contributed by atoms with Gasteiger partial charge < -0.3 is 14.6 Å². The maximum absolute atomic E-state index is 12.5. The number of benzene rings is 1. The van der Waals surface area contributed by atoms with E-state index in [0.717, 1.165) is 24.9 Å². The van der Waals surface area contributed by atoms with Crippen molar-refractivity contribution >= 4 is 16.8 Å². The van der Waals surface area contributed by atoms with Crippen LogP contribution in [-0.2, 0) is 6.54 Å². The van der Waals surface area contributed by atoms with Gasteiger partial charge in [0.1, 0.15) is 11.3 Å². The summed E-state index contributed by atoms with van der Waals surface area (Å²) in [5.41, 5.74) is 0.636. The van der Waals surface area contributed by atoms with Gasteiger partial charge in [-0.1, -0.05) is 19.4 Å². The Hall–Kier alpha value is -2.30. The molecule has 0 aliphatic carbocycles. The van der Waals surface area contributed by atoms with Crippen molar-refractivity contribution in [2.75, 3.05) is 14.2 Å². The maximum Gasteiger partial charge on any atom is 0.256 e. The largest absolute Gasteiger partial charge is 0.495 e. The number of aromatic nitrogens is 1. The molecule has 0 fully saturated rings. The summed E-state index contributed by atoms with van der Waals surface area (Å²) in [7, 11) is 3.10. The summed E-state index contributed by atoms with van der Waals surface area (Å²) in [6.45, 7) is 2.83. The van der Waals surface area contributed by atoms with Crippen LogP contribution in [0.4, 0.5) is 0 Å². The van der Waals surface area contributed by atoms with Gasteiger partial charge in [-0.15, -0.1) is 0 Å². The minimum Gasteiger partial charge on any atom is -0.495 e. The summed E-state index contributed by atoms with van der Waals surface area (Å²) in [4.78, 5) is 24.4. The molecular formula is C16H20N2O3. The zero-order valence-corrected chi connectivity index (χ0v) is 12.6. The molecule has 5 nitrogen and oxygen atoms in total. The van der Waals surface area contributed by atoms with Crippen LogP contribution in [0.3, 0.4) is 0 Å². The van der Waals surface area contributed by atoms with Gasteiger partial charge in [0.05, 0.1) is 18.0 Å². The summed E-state index contributed by atoms with van der Waals surface area (Å²) in [5.74, 6) is 0.277. The van der Waals surface area contributed by atoms with Gasteiger partial charge >= 0.3 is 0 Å². The molecule has 0 aliphatic rings. The number of carbonyl (C=O) groups excluding carboxylic acids is 1. The van der Waals surface area contributed by atoms with E-state index in [1.54, 1.807) is 25.4 Å². The number of pyridine rings is 1. The Kier molecular flexibility index (Phi) is 4.62. The van der Waals surface area contributed by atoms with Gasteiger partial charge in [0, 0.05) is 19.8 Å². The standard InChI is InChI=1S/C16H20N2O3/c1-4-5-9-18-10-12(16(20)17-2)15(19)11-7-6-8-13(21-3)14(11)18/h6-8,10H,4-5,9H2,1-3H3,(H,17,20). The first kappa shape index (κ1) is 15.1. The summed E-state index contributed by atoms with van der Waals surface area (Å²) in [6, 6.07) is 5.32. The normalized spacial score (nSPS) is 10.6. The fourth-order valence-electron chi connectivity index (χ4n) is 2.39. The number of hydrogen-bond donors (Lipinski definition) is 1. The third-order valence-corrected chi connectivity index (χ3v) is 3.50. The van der Waals surface area contributed by atoms with Crippen LogP contribution < -0.4 is 15.5 Å². The number of ether oxygens (including phenoxy) is 1. The van der Waals surface area contributed by atoms with E-state index in [0.29, 0.717) is 11.1 Å². The van der Waals surface area contributed by atoms with Crippen LogP contribution in [0.5, 0.6) is 5.75 Å². The lowest BCUT2D eigenvalue weighted by atomic mass is 10.1. The Morgan fingerprint density at radius 3 is 2.76 bits per heavy atom. The Morgan fingerprint density at radius 2 is 2.14 bits per heavy atom. The third kappa shape index (κ3) is 2.77. The van der Waals surface area contributed by atoms with Crippen molar-refractivity contribution in [1.29, 1.82) is 0 Å². The number of para-hydroxylation sites is 1. The number of aryl methyl sites for hydroxylation is 1. The minimum atomic E-state index is -0.366. The first-order valence-corrected chi connectivity index (χ1v) is 7.06. The van der Waals surface area contributed by atoms with Crippen molar-refractivity contribution in [3.05, 3.63) is 40.2 Å². The Morgan fingerprint density at radius 1 is 1.38 bits per heavy atom. The molecule has 2 rings (SSSR count). The van der Waals surface area contributed by atoms with Gasteiger partial charge in [-0.2, -0.15) is 0 Å². The van der Waals surface area contributed by atoms with Gasteiger partial charge in [0.25, 0.3) is 5.91 Å². The average molecular weight is 288 g/mol. The smallest absolute Gasteiger partial charge is 0.256 e. The highest BCUT2D eigenvalue weighted by molar-refractivity contribution is 5.98. The van der Waals surface area contributed by atoms with E-state index >= 15 is 0 Å². The van der Waals surface area contributed by atoms with Gasteiger partial charge in [-0.25, -0.2) is 0 Å². The van der Waals surface area contributed by atoms with Crippen molar-refractivity contribution in [2.24, 2.45) is 0 Å². The highest BCUT2D eigenvalue weighted by Gasteiger charge is 2.16. The van der Waals surface area contributed by atoms with Crippen molar-refractivity contribution < 1.29 is 9.53 Å². The van der Waals surface area contributed by atoms with E-state index in [4.69, 9.17) is 4.74 Å². The first-order valence-electron chi connectivity index (χ1n) is 7.06. The molecule has 0 atom stereocenters. The molecule has 5 heteroatoms. The molecule has 1 aromatic heterocycles. The Labute approximate surface area is 123 Å². The fraction of sp³-hybridized carbons (Fsp3) is 0.375. The molecule has 112 valence electrons. The molecule has 1 amide bonds. The lowest BCUT2D eigenvalue weighted by Gasteiger charge is -2.15.